The second kappa shape index (κ2) is 6.64. The van der Waals surface area contributed by atoms with Crippen LogP contribution in [0.5, 0.6) is 5.75 Å². The van der Waals surface area contributed by atoms with Crippen LogP contribution >= 0.6 is 0 Å². The SMILES string of the molecule is CCC(CC)(CC)NCc1ccc(N)cc1OC. The number of nitrogens with one attached hydrogen (secondary N) is 1. The molecule has 1 aromatic carbocycles. The fourth-order valence-corrected chi connectivity index (χ4v) is 2.31. The Hall–Kier alpha value is -1.22. The van der Waals surface area contributed by atoms with E-state index in [0.29, 0.717) is 0 Å². The minimum absolute atomic E-state index is 0.229. The van der Waals surface area contributed by atoms with Crippen LogP contribution < -0.4 is 15.8 Å². The Morgan fingerprint density at radius 2 is 1.78 bits per heavy atom. The Labute approximate surface area is 111 Å². The molecular weight excluding hydrogens is 224 g/mol. The first-order valence-electron chi connectivity index (χ1n) is 6.78. The number of benzene rings is 1. The molecule has 3 nitrogen and oxygen atoms in total. The molecule has 0 bridgehead atoms. The maximum absolute atomic E-state index is 5.76. The van der Waals surface area contributed by atoms with Gasteiger partial charge in [-0.15, -0.1) is 0 Å². The molecule has 0 aliphatic heterocycles. The molecule has 1 aromatic rings. The monoisotopic (exact) mass is 250 g/mol. The average molecular weight is 250 g/mol. The standard InChI is InChI=1S/C15H26N2O/c1-5-15(6-2,7-3)17-11-12-8-9-13(16)10-14(12)18-4/h8-10,17H,5-7,11,16H2,1-4H3. The van der Waals surface area contributed by atoms with Crippen molar-refractivity contribution in [3.63, 3.8) is 0 Å². The minimum Gasteiger partial charge on any atom is -0.496 e. The Bertz CT molecular complexity index is 364. The van der Waals surface area contributed by atoms with Gasteiger partial charge in [0.05, 0.1) is 7.11 Å². The number of nitrogen functional groups attached to an aromatic ring is 1. The van der Waals surface area contributed by atoms with Crippen LogP contribution in [0.15, 0.2) is 18.2 Å². The molecule has 0 saturated carbocycles. The third-order valence-electron chi connectivity index (χ3n) is 4.00. The maximum atomic E-state index is 5.76. The number of methoxy groups -OCH3 is 1. The minimum atomic E-state index is 0.229. The Balaban J connectivity index is 2.79. The van der Waals surface area contributed by atoms with Crippen LogP contribution in [0.1, 0.15) is 45.6 Å². The number of hydrogen-bond donors (Lipinski definition) is 2. The lowest BCUT2D eigenvalue weighted by Gasteiger charge is -2.32. The highest BCUT2D eigenvalue weighted by Crippen LogP contribution is 2.24. The van der Waals surface area contributed by atoms with Gasteiger partial charge in [-0.05, 0) is 25.3 Å². The molecule has 0 unspecified atom stereocenters. The number of anilines is 1. The average Bonchev–Trinajstić information content (AvgIpc) is 2.42. The summed E-state index contributed by atoms with van der Waals surface area (Å²) in [6.45, 7) is 7.53. The fourth-order valence-electron chi connectivity index (χ4n) is 2.31. The molecule has 1 rings (SSSR count). The zero-order valence-corrected chi connectivity index (χ0v) is 12.0. The number of hydrogen-bond acceptors (Lipinski definition) is 3. The van der Waals surface area contributed by atoms with E-state index in [1.165, 1.54) is 0 Å². The van der Waals surface area contributed by atoms with Gasteiger partial charge < -0.3 is 15.8 Å². The fraction of sp³-hybridized carbons (Fsp3) is 0.600. The van der Waals surface area contributed by atoms with E-state index in [1.807, 2.05) is 18.2 Å². The number of rotatable bonds is 7. The van der Waals surface area contributed by atoms with Crippen molar-refractivity contribution in [3.8, 4) is 5.75 Å². The normalized spacial score (nSPS) is 11.6. The van der Waals surface area contributed by atoms with Gasteiger partial charge in [-0.1, -0.05) is 26.8 Å². The lowest BCUT2D eigenvalue weighted by atomic mass is 9.89. The molecule has 102 valence electrons. The van der Waals surface area contributed by atoms with E-state index in [0.717, 1.165) is 42.8 Å². The highest BCUT2D eigenvalue weighted by Gasteiger charge is 2.23. The molecule has 0 heterocycles. The first kappa shape index (κ1) is 14.8. The molecule has 3 N–H and O–H groups in total. The zero-order valence-electron chi connectivity index (χ0n) is 12.0. The summed E-state index contributed by atoms with van der Waals surface area (Å²) in [5, 5.41) is 3.67. The lowest BCUT2D eigenvalue weighted by Crippen LogP contribution is -2.43. The van der Waals surface area contributed by atoms with Crippen LogP contribution in [0, 0.1) is 0 Å². The van der Waals surface area contributed by atoms with Gasteiger partial charge in [-0.2, -0.15) is 0 Å². The summed E-state index contributed by atoms with van der Waals surface area (Å²) in [6.07, 6.45) is 3.41. The molecule has 0 aliphatic rings. The molecule has 0 amide bonds. The maximum Gasteiger partial charge on any atom is 0.125 e. The second-order valence-electron chi connectivity index (χ2n) is 4.77. The van der Waals surface area contributed by atoms with Gasteiger partial charge >= 0.3 is 0 Å². The summed E-state index contributed by atoms with van der Waals surface area (Å²) in [5.74, 6) is 0.861. The molecule has 0 aliphatic carbocycles. The summed E-state index contributed by atoms with van der Waals surface area (Å²) in [4.78, 5) is 0. The van der Waals surface area contributed by atoms with Crippen LogP contribution in [-0.4, -0.2) is 12.6 Å². The van der Waals surface area contributed by atoms with E-state index in [2.05, 4.69) is 26.1 Å². The highest BCUT2D eigenvalue weighted by atomic mass is 16.5. The van der Waals surface area contributed by atoms with Gasteiger partial charge in [-0.25, -0.2) is 0 Å². The predicted molar refractivity (Wildman–Crippen MR) is 77.9 cm³/mol. The van der Waals surface area contributed by atoms with Crippen molar-refractivity contribution in [1.29, 1.82) is 0 Å². The van der Waals surface area contributed by atoms with Crippen LogP contribution in [0.2, 0.25) is 0 Å². The molecule has 0 fully saturated rings. The Kier molecular flexibility index (Phi) is 5.48. The molecule has 0 saturated heterocycles. The molecule has 0 atom stereocenters. The van der Waals surface area contributed by atoms with E-state index in [4.69, 9.17) is 10.5 Å². The van der Waals surface area contributed by atoms with Gasteiger partial charge in [-0.3, -0.25) is 0 Å². The molecular formula is C15H26N2O. The van der Waals surface area contributed by atoms with Gasteiger partial charge in [0.2, 0.25) is 0 Å². The summed E-state index contributed by atoms with van der Waals surface area (Å²) in [6, 6.07) is 5.83. The second-order valence-corrected chi connectivity index (χ2v) is 4.77. The quantitative estimate of drug-likeness (QED) is 0.730. The van der Waals surface area contributed by atoms with Crippen LogP contribution in [0.3, 0.4) is 0 Å². The number of nitrogens with two attached hydrogens (primary N) is 1. The third-order valence-corrected chi connectivity index (χ3v) is 4.00. The van der Waals surface area contributed by atoms with Crippen molar-refractivity contribution in [3.05, 3.63) is 23.8 Å². The lowest BCUT2D eigenvalue weighted by molar-refractivity contribution is 0.285. The Morgan fingerprint density at radius 3 is 2.28 bits per heavy atom. The van der Waals surface area contributed by atoms with Crippen LogP contribution in [0.25, 0.3) is 0 Å². The Morgan fingerprint density at radius 1 is 1.17 bits per heavy atom. The molecule has 3 heteroatoms. The zero-order chi connectivity index (χ0) is 13.6. The predicted octanol–water partition coefficient (Wildman–Crippen LogP) is 3.34. The van der Waals surface area contributed by atoms with Crippen molar-refractivity contribution >= 4 is 5.69 Å². The molecule has 18 heavy (non-hydrogen) atoms. The summed E-state index contributed by atoms with van der Waals surface area (Å²) in [5.41, 5.74) is 7.89. The summed E-state index contributed by atoms with van der Waals surface area (Å²) >= 11 is 0. The topological polar surface area (TPSA) is 47.3 Å². The van der Waals surface area contributed by atoms with Gasteiger partial charge in [0, 0.05) is 29.4 Å². The van der Waals surface area contributed by atoms with Crippen molar-refractivity contribution in [2.75, 3.05) is 12.8 Å². The largest absolute Gasteiger partial charge is 0.496 e. The van der Waals surface area contributed by atoms with Crippen molar-refractivity contribution < 1.29 is 4.74 Å². The van der Waals surface area contributed by atoms with Crippen molar-refractivity contribution in [2.24, 2.45) is 0 Å². The van der Waals surface area contributed by atoms with E-state index < -0.39 is 0 Å². The third kappa shape index (κ3) is 3.39. The number of ether oxygens (including phenoxy) is 1. The molecule has 0 radical (unpaired) electrons. The first-order chi connectivity index (χ1) is 8.60. The van der Waals surface area contributed by atoms with Crippen molar-refractivity contribution in [2.45, 2.75) is 52.1 Å². The highest BCUT2D eigenvalue weighted by molar-refractivity contribution is 5.48. The van der Waals surface area contributed by atoms with E-state index >= 15 is 0 Å². The smallest absolute Gasteiger partial charge is 0.125 e. The van der Waals surface area contributed by atoms with Gasteiger partial charge in [0.25, 0.3) is 0 Å². The van der Waals surface area contributed by atoms with E-state index in [9.17, 15) is 0 Å². The molecule has 0 aromatic heterocycles. The van der Waals surface area contributed by atoms with Crippen LogP contribution in [-0.2, 0) is 6.54 Å². The molecule has 0 spiro atoms. The van der Waals surface area contributed by atoms with Crippen LogP contribution in [0.4, 0.5) is 5.69 Å². The van der Waals surface area contributed by atoms with Crippen molar-refractivity contribution in [1.82, 2.24) is 5.32 Å². The van der Waals surface area contributed by atoms with Gasteiger partial charge in [0.1, 0.15) is 5.75 Å². The van der Waals surface area contributed by atoms with Gasteiger partial charge in [0.15, 0.2) is 0 Å². The summed E-state index contributed by atoms with van der Waals surface area (Å²) in [7, 11) is 1.69. The first-order valence-corrected chi connectivity index (χ1v) is 6.78. The van der Waals surface area contributed by atoms with E-state index in [-0.39, 0.29) is 5.54 Å². The summed E-state index contributed by atoms with van der Waals surface area (Å²) < 4.78 is 5.37. The van der Waals surface area contributed by atoms with E-state index in [1.54, 1.807) is 7.11 Å².